The molecule has 0 aromatic heterocycles. The zero-order valence-electron chi connectivity index (χ0n) is 11.8. The van der Waals surface area contributed by atoms with Crippen LogP contribution in [0.4, 0.5) is 0 Å². The van der Waals surface area contributed by atoms with E-state index in [-0.39, 0.29) is 0 Å². The van der Waals surface area contributed by atoms with E-state index < -0.39 is 8.07 Å². The van der Waals surface area contributed by atoms with Gasteiger partial charge in [-0.25, -0.2) is 0 Å². The Morgan fingerprint density at radius 3 is 1.50 bits per heavy atom. The highest BCUT2D eigenvalue weighted by molar-refractivity contribution is 7.03. The van der Waals surface area contributed by atoms with Crippen molar-refractivity contribution in [1.29, 1.82) is 0 Å². The molecule has 0 atom stereocenters. The number of benzene rings is 2. The van der Waals surface area contributed by atoms with E-state index in [0.717, 1.165) is 0 Å². The first-order chi connectivity index (χ1) is 9.88. The molecule has 0 fully saturated rings. The van der Waals surface area contributed by atoms with Crippen molar-refractivity contribution >= 4 is 18.4 Å². The van der Waals surface area contributed by atoms with Crippen molar-refractivity contribution in [2.45, 2.75) is 31.4 Å². The molecule has 2 aliphatic rings. The van der Waals surface area contributed by atoms with E-state index in [0.29, 0.717) is 0 Å². The van der Waals surface area contributed by atoms with Crippen LogP contribution in [0.25, 0.3) is 0 Å². The Bertz CT molecular complexity index is 582. The second-order valence-electron chi connectivity index (χ2n) is 6.23. The lowest BCUT2D eigenvalue weighted by molar-refractivity contribution is 0.883. The Hall–Kier alpha value is -1.60. The Labute approximate surface area is 122 Å². The monoisotopic (exact) mass is 276 g/mol. The summed E-state index contributed by atoms with van der Waals surface area (Å²) in [4.78, 5) is 0. The van der Waals surface area contributed by atoms with Gasteiger partial charge in [0.05, 0.1) is 0 Å². The van der Waals surface area contributed by atoms with Crippen LogP contribution < -0.4 is 10.4 Å². The normalized spacial score (nSPS) is 20.2. The lowest BCUT2D eigenvalue weighted by Crippen LogP contribution is -2.56. The molecule has 4 rings (SSSR count). The van der Waals surface area contributed by atoms with Crippen LogP contribution in [0.15, 0.2) is 71.8 Å². The average molecular weight is 276 g/mol. The molecule has 0 N–H and O–H groups in total. The van der Waals surface area contributed by atoms with Crippen LogP contribution in [0, 0.1) is 0 Å². The van der Waals surface area contributed by atoms with E-state index in [1.54, 1.807) is 10.4 Å². The van der Waals surface area contributed by atoms with E-state index in [2.05, 4.69) is 60.7 Å². The third-order valence-corrected chi connectivity index (χ3v) is 10.1. The largest absolute Gasteiger partial charge is 0.125 e. The topological polar surface area (TPSA) is 0 Å². The van der Waals surface area contributed by atoms with E-state index in [1.165, 1.54) is 31.4 Å². The van der Waals surface area contributed by atoms with E-state index in [9.17, 15) is 0 Å². The molecule has 1 heterocycles. The Morgan fingerprint density at radius 2 is 1.05 bits per heavy atom. The van der Waals surface area contributed by atoms with Crippen LogP contribution in [0.2, 0.25) is 12.1 Å². The summed E-state index contributed by atoms with van der Waals surface area (Å²) >= 11 is 0. The van der Waals surface area contributed by atoms with Crippen LogP contribution in [0.1, 0.15) is 19.3 Å². The van der Waals surface area contributed by atoms with Crippen molar-refractivity contribution < 1.29 is 0 Å². The molecule has 1 heteroatoms. The summed E-state index contributed by atoms with van der Waals surface area (Å²) in [5, 5.41) is 3.25. The fourth-order valence-electron chi connectivity index (χ4n) is 4.18. The quantitative estimate of drug-likeness (QED) is 0.579. The Kier molecular flexibility index (Phi) is 2.89. The van der Waals surface area contributed by atoms with Crippen LogP contribution in [0.3, 0.4) is 0 Å². The first-order valence-electron chi connectivity index (χ1n) is 7.69. The van der Waals surface area contributed by atoms with Gasteiger partial charge in [0, 0.05) is 0 Å². The van der Waals surface area contributed by atoms with Gasteiger partial charge in [0.25, 0.3) is 0 Å². The highest BCUT2D eigenvalue weighted by Crippen LogP contribution is 2.44. The van der Waals surface area contributed by atoms with Gasteiger partial charge >= 0.3 is 0 Å². The molecule has 100 valence electrons. The fourth-order valence-corrected chi connectivity index (χ4v) is 9.42. The van der Waals surface area contributed by atoms with Crippen molar-refractivity contribution in [3.63, 3.8) is 0 Å². The summed E-state index contributed by atoms with van der Waals surface area (Å²) in [6, 6.07) is 25.4. The molecule has 0 spiro atoms. The standard InChI is InChI=1S/C19H20Si/c1-3-10-18(11-4-1)20(19-12-5-2-6-13-19)14-16-8-7-9-17(16)15-20/h1-6,10-13H,7-9,14-15H2. The van der Waals surface area contributed by atoms with Crippen molar-refractivity contribution in [3.05, 3.63) is 71.8 Å². The molecule has 2 aromatic carbocycles. The maximum absolute atomic E-state index is 2.38. The summed E-state index contributed by atoms with van der Waals surface area (Å²) in [7, 11) is -1.55. The molecule has 20 heavy (non-hydrogen) atoms. The molecule has 0 radical (unpaired) electrons. The Balaban J connectivity index is 1.83. The highest BCUT2D eigenvalue weighted by atomic mass is 28.3. The van der Waals surface area contributed by atoms with Gasteiger partial charge in [0.2, 0.25) is 0 Å². The van der Waals surface area contributed by atoms with Crippen LogP contribution in [0.5, 0.6) is 0 Å². The van der Waals surface area contributed by atoms with E-state index >= 15 is 0 Å². The molecule has 0 unspecified atom stereocenters. The second kappa shape index (κ2) is 4.74. The third kappa shape index (κ3) is 1.81. The SMILES string of the molecule is c1ccc([Si]2(c3ccccc3)CC3=C(CCC3)C2)cc1. The van der Waals surface area contributed by atoms with Gasteiger partial charge in [-0.05, 0) is 31.4 Å². The minimum absolute atomic E-state index is 1.36. The molecule has 0 saturated heterocycles. The first-order valence-corrected chi connectivity index (χ1v) is 10.1. The maximum atomic E-state index is 2.38. The zero-order chi connectivity index (χ0) is 13.4. The molecular weight excluding hydrogens is 256 g/mol. The molecular formula is C19H20Si. The summed E-state index contributed by atoms with van der Waals surface area (Å²) in [5.74, 6) is 0. The zero-order valence-corrected chi connectivity index (χ0v) is 12.8. The van der Waals surface area contributed by atoms with E-state index in [1.807, 2.05) is 11.1 Å². The first kappa shape index (κ1) is 12.2. The minimum atomic E-state index is -1.55. The van der Waals surface area contributed by atoms with Gasteiger partial charge in [-0.1, -0.05) is 82.2 Å². The number of hydrogen-bond acceptors (Lipinski definition) is 0. The summed E-state index contributed by atoms with van der Waals surface area (Å²) in [5.41, 5.74) is 3.62. The van der Waals surface area contributed by atoms with Crippen molar-refractivity contribution in [2.24, 2.45) is 0 Å². The number of allylic oxidation sites excluding steroid dienone is 2. The average Bonchev–Trinajstić information content (AvgIpc) is 3.09. The van der Waals surface area contributed by atoms with Gasteiger partial charge < -0.3 is 0 Å². The van der Waals surface area contributed by atoms with E-state index in [4.69, 9.17) is 0 Å². The summed E-state index contributed by atoms with van der Waals surface area (Å²) in [6.45, 7) is 0. The predicted octanol–water partition coefficient (Wildman–Crippen LogP) is 3.74. The predicted molar refractivity (Wildman–Crippen MR) is 88.4 cm³/mol. The molecule has 0 amide bonds. The maximum Gasteiger partial charge on any atom is 0.125 e. The molecule has 1 aliphatic heterocycles. The molecule has 1 aliphatic carbocycles. The summed E-state index contributed by atoms with van der Waals surface area (Å²) in [6.07, 6.45) is 4.13. The van der Waals surface area contributed by atoms with Gasteiger partial charge in [-0.15, -0.1) is 0 Å². The van der Waals surface area contributed by atoms with Crippen LogP contribution in [-0.4, -0.2) is 8.07 Å². The molecule has 2 aromatic rings. The van der Waals surface area contributed by atoms with Crippen LogP contribution in [-0.2, 0) is 0 Å². The smallest absolute Gasteiger partial charge is 0.0733 e. The van der Waals surface area contributed by atoms with Gasteiger partial charge in [-0.2, -0.15) is 0 Å². The lowest BCUT2D eigenvalue weighted by Gasteiger charge is -2.30. The number of rotatable bonds is 2. The Morgan fingerprint density at radius 1 is 0.600 bits per heavy atom. The third-order valence-electron chi connectivity index (χ3n) is 5.14. The highest BCUT2D eigenvalue weighted by Gasteiger charge is 2.44. The second-order valence-corrected chi connectivity index (χ2v) is 10.3. The summed E-state index contributed by atoms with van der Waals surface area (Å²) < 4.78 is 0. The van der Waals surface area contributed by atoms with Gasteiger partial charge in [0.15, 0.2) is 0 Å². The molecule has 0 bridgehead atoms. The van der Waals surface area contributed by atoms with Crippen molar-refractivity contribution in [2.75, 3.05) is 0 Å². The fraction of sp³-hybridized carbons (Fsp3) is 0.263. The molecule has 0 nitrogen and oxygen atoms in total. The number of hydrogen-bond donors (Lipinski definition) is 0. The van der Waals surface area contributed by atoms with Gasteiger partial charge in [0.1, 0.15) is 8.07 Å². The van der Waals surface area contributed by atoms with Crippen LogP contribution >= 0.6 is 0 Å². The molecule has 0 saturated carbocycles. The minimum Gasteiger partial charge on any atom is -0.0733 e. The van der Waals surface area contributed by atoms with Crippen molar-refractivity contribution in [1.82, 2.24) is 0 Å². The van der Waals surface area contributed by atoms with Gasteiger partial charge in [-0.3, -0.25) is 0 Å². The van der Waals surface area contributed by atoms with Crippen molar-refractivity contribution in [3.8, 4) is 0 Å². The lowest BCUT2D eigenvalue weighted by atomic mass is 10.2.